The molecular formula is C13H28N2O. The van der Waals surface area contributed by atoms with E-state index in [1.54, 1.807) is 0 Å². The molecule has 3 nitrogen and oxygen atoms in total. The van der Waals surface area contributed by atoms with Crippen molar-refractivity contribution in [3.05, 3.63) is 0 Å². The first kappa shape index (κ1) is 13.9. The van der Waals surface area contributed by atoms with E-state index in [-0.39, 0.29) is 6.10 Å². The molecule has 0 aromatic heterocycles. The Kier molecular flexibility index (Phi) is 5.73. The van der Waals surface area contributed by atoms with Crippen LogP contribution in [0.5, 0.6) is 0 Å². The van der Waals surface area contributed by atoms with Crippen molar-refractivity contribution < 1.29 is 5.11 Å². The topological polar surface area (TPSA) is 26.7 Å². The molecule has 1 aliphatic heterocycles. The molecule has 1 fully saturated rings. The van der Waals surface area contributed by atoms with Crippen LogP contribution in [-0.2, 0) is 0 Å². The van der Waals surface area contributed by atoms with Gasteiger partial charge in [-0.2, -0.15) is 0 Å². The molecule has 2 atom stereocenters. The minimum absolute atomic E-state index is 0.157. The first-order chi connectivity index (χ1) is 7.54. The fourth-order valence-corrected chi connectivity index (χ4v) is 2.18. The van der Waals surface area contributed by atoms with Gasteiger partial charge in [-0.1, -0.05) is 20.3 Å². The van der Waals surface area contributed by atoms with Gasteiger partial charge < -0.3 is 5.11 Å². The highest BCUT2D eigenvalue weighted by molar-refractivity contribution is 4.77. The number of hydrogen-bond acceptors (Lipinski definition) is 3. The average Bonchev–Trinajstić information content (AvgIpc) is 2.28. The van der Waals surface area contributed by atoms with E-state index in [0.29, 0.717) is 12.0 Å². The molecule has 0 radical (unpaired) electrons. The Hall–Kier alpha value is -0.120. The number of piperazine rings is 1. The summed E-state index contributed by atoms with van der Waals surface area (Å²) in [5.74, 6) is 0.420. The maximum atomic E-state index is 9.99. The van der Waals surface area contributed by atoms with Crippen LogP contribution < -0.4 is 0 Å². The van der Waals surface area contributed by atoms with Crippen LogP contribution in [0, 0.1) is 5.92 Å². The Morgan fingerprint density at radius 2 is 1.62 bits per heavy atom. The normalized spacial score (nSPS) is 23.6. The van der Waals surface area contributed by atoms with Gasteiger partial charge in [0.05, 0.1) is 6.10 Å². The van der Waals surface area contributed by atoms with Crippen LogP contribution in [0.4, 0.5) is 0 Å². The largest absolute Gasteiger partial charge is 0.392 e. The fraction of sp³-hybridized carbons (Fsp3) is 1.00. The predicted molar refractivity (Wildman–Crippen MR) is 68.6 cm³/mol. The second-order valence-corrected chi connectivity index (χ2v) is 5.38. The number of rotatable bonds is 5. The van der Waals surface area contributed by atoms with E-state index in [0.717, 1.165) is 39.1 Å². The van der Waals surface area contributed by atoms with Gasteiger partial charge in [0.1, 0.15) is 0 Å². The van der Waals surface area contributed by atoms with E-state index < -0.39 is 0 Å². The van der Waals surface area contributed by atoms with Crippen LogP contribution in [-0.4, -0.2) is 59.8 Å². The Balaban J connectivity index is 2.26. The zero-order valence-corrected chi connectivity index (χ0v) is 11.3. The molecule has 1 saturated heterocycles. The Morgan fingerprint density at radius 1 is 1.06 bits per heavy atom. The third-order valence-corrected chi connectivity index (χ3v) is 3.88. The van der Waals surface area contributed by atoms with Gasteiger partial charge in [0.2, 0.25) is 0 Å². The van der Waals surface area contributed by atoms with E-state index in [4.69, 9.17) is 0 Å². The summed E-state index contributed by atoms with van der Waals surface area (Å²) in [5.41, 5.74) is 0. The molecule has 16 heavy (non-hydrogen) atoms. The van der Waals surface area contributed by atoms with E-state index in [9.17, 15) is 5.11 Å². The molecule has 1 heterocycles. The maximum Gasteiger partial charge on any atom is 0.0692 e. The lowest BCUT2D eigenvalue weighted by molar-refractivity contribution is 0.0382. The van der Waals surface area contributed by atoms with Crippen LogP contribution in [0.15, 0.2) is 0 Å². The molecule has 0 aromatic carbocycles. The van der Waals surface area contributed by atoms with Crippen LogP contribution in [0.1, 0.15) is 34.1 Å². The quantitative estimate of drug-likeness (QED) is 0.771. The minimum Gasteiger partial charge on any atom is -0.392 e. The summed E-state index contributed by atoms with van der Waals surface area (Å²) < 4.78 is 0. The molecule has 0 bridgehead atoms. The summed E-state index contributed by atoms with van der Waals surface area (Å²) in [6.45, 7) is 14.1. The van der Waals surface area contributed by atoms with Gasteiger partial charge in [-0.25, -0.2) is 0 Å². The fourth-order valence-electron chi connectivity index (χ4n) is 2.18. The van der Waals surface area contributed by atoms with E-state index >= 15 is 0 Å². The Morgan fingerprint density at radius 3 is 2.06 bits per heavy atom. The Labute approximate surface area is 100 Å². The highest BCUT2D eigenvalue weighted by Gasteiger charge is 2.22. The summed E-state index contributed by atoms with van der Waals surface area (Å²) >= 11 is 0. The lowest BCUT2D eigenvalue weighted by atomic mass is 10.0. The van der Waals surface area contributed by atoms with E-state index in [1.165, 1.54) is 0 Å². The predicted octanol–water partition coefficient (Wildman–Crippen LogP) is 1.42. The average molecular weight is 228 g/mol. The van der Waals surface area contributed by atoms with Crippen LogP contribution in [0.25, 0.3) is 0 Å². The summed E-state index contributed by atoms with van der Waals surface area (Å²) in [5, 5.41) is 9.99. The molecule has 0 aromatic rings. The smallest absolute Gasteiger partial charge is 0.0692 e. The minimum atomic E-state index is -0.157. The maximum absolute atomic E-state index is 9.99. The summed E-state index contributed by atoms with van der Waals surface area (Å²) in [4.78, 5) is 4.90. The summed E-state index contributed by atoms with van der Waals surface area (Å²) in [7, 11) is 0. The lowest BCUT2D eigenvalue weighted by Crippen LogP contribution is -2.51. The molecule has 0 spiro atoms. The number of hydrogen-bond donors (Lipinski definition) is 1. The molecule has 96 valence electrons. The third-order valence-electron chi connectivity index (χ3n) is 3.88. The molecule has 0 amide bonds. The number of aliphatic hydroxyl groups is 1. The summed E-state index contributed by atoms with van der Waals surface area (Å²) in [6, 6.07) is 0.654. The van der Waals surface area contributed by atoms with Crippen molar-refractivity contribution in [2.45, 2.75) is 46.3 Å². The van der Waals surface area contributed by atoms with Gasteiger partial charge in [-0.15, -0.1) is 0 Å². The molecule has 1 rings (SSSR count). The third kappa shape index (κ3) is 4.04. The highest BCUT2D eigenvalue weighted by Crippen LogP contribution is 2.11. The molecule has 1 aliphatic rings. The first-order valence-electron chi connectivity index (χ1n) is 6.69. The van der Waals surface area contributed by atoms with Crippen molar-refractivity contribution >= 4 is 0 Å². The second kappa shape index (κ2) is 6.58. The standard InChI is InChI=1S/C13H28N2O/c1-5-12(4)13(16)10-14-6-8-15(9-7-14)11(2)3/h11-13,16H,5-10H2,1-4H3. The number of aliphatic hydroxyl groups excluding tert-OH is 1. The monoisotopic (exact) mass is 228 g/mol. The highest BCUT2D eigenvalue weighted by atomic mass is 16.3. The van der Waals surface area contributed by atoms with E-state index in [2.05, 4.69) is 37.5 Å². The SMILES string of the molecule is CCC(C)C(O)CN1CCN(C(C)C)CC1. The van der Waals surface area contributed by atoms with Crippen LogP contribution >= 0.6 is 0 Å². The van der Waals surface area contributed by atoms with Gasteiger partial charge in [0.25, 0.3) is 0 Å². The zero-order chi connectivity index (χ0) is 12.1. The van der Waals surface area contributed by atoms with Crippen molar-refractivity contribution in [3.63, 3.8) is 0 Å². The molecule has 0 saturated carbocycles. The van der Waals surface area contributed by atoms with Crippen LogP contribution in [0.2, 0.25) is 0 Å². The number of β-amino-alcohol motifs (C(OH)–C–C–N with tert-alkyl or cyclic N) is 1. The zero-order valence-electron chi connectivity index (χ0n) is 11.3. The van der Waals surface area contributed by atoms with Gasteiger partial charge in [-0.3, -0.25) is 9.80 Å². The first-order valence-corrected chi connectivity index (χ1v) is 6.69. The molecule has 3 heteroatoms. The Bertz CT molecular complexity index is 188. The van der Waals surface area contributed by atoms with E-state index in [1.807, 2.05) is 0 Å². The second-order valence-electron chi connectivity index (χ2n) is 5.38. The van der Waals surface area contributed by atoms with Gasteiger partial charge in [0.15, 0.2) is 0 Å². The van der Waals surface area contributed by atoms with Crippen LogP contribution in [0.3, 0.4) is 0 Å². The summed E-state index contributed by atoms with van der Waals surface area (Å²) in [6.07, 6.45) is 0.906. The molecule has 0 aliphatic carbocycles. The molecule has 1 N–H and O–H groups in total. The van der Waals surface area contributed by atoms with Crippen molar-refractivity contribution in [2.24, 2.45) is 5.92 Å². The van der Waals surface area contributed by atoms with Crippen molar-refractivity contribution in [3.8, 4) is 0 Å². The van der Waals surface area contributed by atoms with Crippen molar-refractivity contribution in [2.75, 3.05) is 32.7 Å². The van der Waals surface area contributed by atoms with Gasteiger partial charge in [-0.05, 0) is 19.8 Å². The van der Waals surface area contributed by atoms with Gasteiger partial charge in [0, 0.05) is 38.8 Å². The van der Waals surface area contributed by atoms with Crippen molar-refractivity contribution in [1.82, 2.24) is 9.80 Å². The molecular weight excluding hydrogens is 200 g/mol. The lowest BCUT2D eigenvalue weighted by Gasteiger charge is -2.38. The van der Waals surface area contributed by atoms with Gasteiger partial charge >= 0.3 is 0 Å². The van der Waals surface area contributed by atoms with Crippen molar-refractivity contribution in [1.29, 1.82) is 0 Å². The number of nitrogens with zero attached hydrogens (tertiary/aromatic N) is 2. The molecule has 2 unspecified atom stereocenters.